The van der Waals surface area contributed by atoms with E-state index in [-0.39, 0.29) is 24.0 Å². The Kier molecular flexibility index (Phi) is 11.3. The van der Waals surface area contributed by atoms with Crippen LogP contribution in [0.15, 0.2) is 53.5 Å². The van der Waals surface area contributed by atoms with Crippen LogP contribution in [0.2, 0.25) is 0 Å². The molecule has 6 nitrogen and oxygen atoms in total. The Bertz CT molecular complexity index is 834. The van der Waals surface area contributed by atoms with Crippen molar-refractivity contribution in [3.05, 3.63) is 65.2 Å². The fourth-order valence-corrected chi connectivity index (χ4v) is 4.07. The molecule has 1 aliphatic heterocycles. The van der Waals surface area contributed by atoms with Gasteiger partial charge in [0.2, 0.25) is 0 Å². The van der Waals surface area contributed by atoms with Crippen molar-refractivity contribution < 1.29 is 9.47 Å². The number of halogens is 1. The maximum Gasteiger partial charge on any atom is 0.191 e. The molecule has 2 atom stereocenters. The number of morpholine rings is 1. The minimum Gasteiger partial charge on any atom is -0.496 e. The number of aliphatic imine (C=N–C) groups is 1. The van der Waals surface area contributed by atoms with E-state index in [1.807, 2.05) is 18.2 Å². The summed E-state index contributed by atoms with van der Waals surface area (Å²) in [6.45, 7) is 8.77. The van der Waals surface area contributed by atoms with Gasteiger partial charge in [-0.25, -0.2) is 0 Å². The molecule has 1 fully saturated rings. The van der Waals surface area contributed by atoms with Crippen LogP contribution in [0.5, 0.6) is 5.75 Å². The van der Waals surface area contributed by atoms with Gasteiger partial charge < -0.3 is 20.1 Å². The molecule has 0 spiro atoms. The van der Waals surface area contributed by atoms with Crippen molar-refractivity contribution in [3.8, 4) is 5.75 Å². The van der Waals surface area contributed by atoms with Gasteiger partial charge in [0.1, 0.15) is 5.75 Å². The fraction of sp³-hybridized carbons (Fsp3) is 0.480. The van der Waals surface area contributed by atoms with Gasteiger partial charge in [-0.2, -0.15) is 0 Å². The molecule has 3 rings (SSSR count). The zero-order valence-corrected chi connectivity index (χ0v) is 22.0. The van der Waals surface area contributed by atoms with Crippen molar-refractivity contribution in [2.24, 2.45) is 4.99 Å². The molecule has 0 amide bonds. The van der Waals surface area contributed by atoms with E-state index in [1.165, 1.54) is 16.7 Å². The van der Waals surface area contributed by atoms with Gasteiger partial charge in [0.05, 0.1) is 19.3 Å². The van der Waals surface area contributed by atoms with Crippen molar-refractivity contribution in [2.45, 2.75) is 45.6 Å². The lowest BCUT2D eigenvalue weighted by atomic mass is 10.1. The summed E-state index contributed by atoms with van der Waals surface area (Å²) in [5, 5.41) is 6.77. The van der Waals surface area contributed by atoms with Crippen molar-refractivity contribution in [1.29, 1.82) is 0 Å². The molecule has 0 aromatic heterocycles. The minimum absolute atomic E-state index is 0. The van der Waals surface area contributed by atoms with Crippen LogP contribution in [0.4, 0.5) is 0 Å². The summed E-state index contributed by atoms with van der Waals surface area (Å²) in [6, 6.07) is 16.9. The average Bonchev–Trinajstić information content (AvgIpc) is 2.76. The fourth-order valence-electron chi connectivity index (χ4n) is 4.07. The molecule has 1 saturated heterocycles. The molecular weight excluding hydrogens is 515 g/mol. The summed E-state index contributed by atoms with van der Waals surface area (Å²) in [5.41, 5.74) is 3.76. The summed E-state index contributed by atoms with van der Waals surface area (Å²) < 4.78 is 11.2. The van der Waals surface area contributed by atoms with Crippen LogP contribution in [0.1, 0.15) is 30.5 Å². The first-order chi connectivity index (χ1) is 15.1. The molecule has 0 radical (unpaired) electrons. The highest BCUT2D eigenvalue weighted by molar-refractivity contribution is 14.0. The van der Waals surface area contributed by atoms with E-state index in [0.29, 0.717) is 12.2 Å². The van der Waals surface area contributed by atoms with Crippen molar-refractivity contribution in [1.82, 2.24) is 15.5 Å². The first-order valence-corrected chi connectivity index (χ1v) is 11.1. The molecule has 0 bridgehead atoms. The molecule has 7 heteroatoms. The highest BCUT2D eigenvalue weighted by atomic mass is 127. The van der Waals surface area contributed by atoms with Crippen LogP contribution in [-0.2, 0) is 24.2 Å². The number of methoxy groups -OCH3 is 1. The van der Waals surface area contributed by atoms with Gasteiger partial charge in [-0.05, 0) is 43.0 Å². The first-order valence-electron chi connectivity index (χ1n) is 11.1. The zero-order chi connectivity index (χ0) is 22.1. The molecule has 0 saturated carbocycles. The Labute approximate surface area is 209 Å². The smallest absolute Gasteiger partial charge is 0.191 e. The molecule has 2 aromatic rings. The third-order valence-corrected chi connectivity index (χ3v) is 5.49. The molecular formula is C25H37IN4O2. The quantitative estimate of drug-likeness (QED) is 0.296. The van der Waals surface area contributed by atoms with E-state index in [4.69, 9.17) is 9.47 Å². The molecule has 2 aromatic carbocycles. The third kappa shape index (κ3) is 8.26. The molecule has 0 aliphatic carbocycles. The highest BCUT2D eigenvalue weighted by Gasteiger charge is 2.21. The minimum atomic E-state index is 0. The second kappa shape index (κ2) is 13.6. The number of nitrogens with one attached hydrogen (secondary N) is 2. The average molecular weight is 553 g/mol. The summed E-state index contributed by atoms with van der Waals surface area (Å²) >= 11 is 0. The Balaban J connectivity index is 0.00000363. The largest absolute Gasteiger partial charge is 0.496 e. The summed E-state index contributed by atoms with van der Waals surface area (Å²) in [7, 11) is 3.51. The number of hydrogen-bond acceptors (Lipinski definition) is 4. The topological polar surface area (TPSA) is 58.1 Å². The number of hydrogen-bond donors (Lipinski definition) is 2. The maximum atomic E-state index is 5.83. The molecule has 2 N–H and O–H groups in total. The van der Waals surface area contributed by atoms with Crippen LogP contribution >= 0.6 is 24.0 Å². The predicted molar refractivity (Wildman–Crippen MR) is 142 cm³/mol. The Morgan fingerprint density at radius 2 is 1.69 bits per heavy atom. The van der Waals surface area contributed by atoms with Gasteiger partial charge in [0.15, 0.2) is 5.96 Å². The normalized spacial score (nSPS) is 19.2. The lowest BCUT2D eigenvalue weighted by Crippen LogP contribution is -2.44. The predicted octanol–water partition coefficient (Wildman–Crippen LogP) is 3.83. The number of guanidine groups is 1. The number of para-hydroxylation sites is 1. The lowest BCUT2D eigenvalue weighted by molar-refractivity contribution is -0.0704. The van der Waals surface area contributed by atoms with Gasteiger partial charge in [0.25, 0.3) is 0 Å². The van der Waals surface area contributed by atoms with Crippen LogP contribution in [0.3, 0.4) is 0 Å². The second-order valence-corrected chi connectivity index (χ2v) is 8.18. The molecule has 1 aliphatic rings. The van der Waals surface area contributed by atoms with Crippen LogP contribution in [-0.4, -0.2) is 56.9 Å². The SMILES string of the molecule is CN=C(NCCc1ccccc1OC)NCc1ccc(CN2CC(C)OC(C)C2)cc1.I. The van der Waals surface area contributed by atoms with E-state index in [0.717, 1.165) is 50.9 Å². The molecule has 32 heavy (non-hydrogen) atoms. The maximum absolute atomic E-state index is 5.83. The summed E-state index contributed by atoms with van der Waals surface area (Å²) in [6.07, 6.45) is 1.47. The van der Waals surface area contributed by atoms with Crippen molar-refractivity contribution in [2.75, 3.05) is 33.8 Å². The molecule has 1 heterocycles. The Morgan fingerprint density at radius 1 is 1.03 bits per heavy atom. The van der Waals surface area contributed by atoms with Gasteiger partial charge in [0, 0.05) is 39.8 Å². The monoisotopic (exact) mass is 552 g/mol. The molecule has 2 unspecified atom stereocenters. The van der Waals surface area contributed by atoms with E-state index in [1.54, 1.807) is 14.2 Å². The van der Waals surface area contributed by atoms with E-state index in [2.05, 4.69) is 64.7 Å². The number of nitrogens with zero attached hydrogens (tertiary/aromatic N) is 2. The van der Waals surface area contributed by atoms with Crippen LogP contribution in [0.25, 0.3) is 0 Å². The Morgan fingerprint density at radius 3 is 2.34 bits per heavy atom. The zero-order valence-electron chi connectivity index (χ0n) is 19.6. The Hall–Kier alpha value is -1.84. The third-order valence-electron chi connectivity index (χ3n) is 5.49. The summed E-state index contributed by atoms with van der Waals surface area (Å²) in [4.78, 5) is 6.80. The van der Waals surface area contributed by atoms with Crippen molar-refractivity contribution in [3.63, 3.8) is 0 Å². The van der Waals surface area contributed by atoms with Gasteiger partial charge in [-0.1, -0.05) is 42.5 Å². The van der Waals surface area contributed by atoms with Crippen LogP contribution in [0, 0.1) is 0 Å². The van der Waals surface area contributed by atoms with E-state index < -0.39 is 0 Å². The summed E-state index contributed by atoms with van der Waals surface area (Å²) in [5.74, 6) is 1.73. The number of benzene rings is 2. The number of rotatable bonds is 8. The highest BCUT2D eigenvalue weighted by Crippen LogP contribution is 2.17. The van der Waals surface area contributed by atoms with Gasteiger partial charge in [-0.3, -0.25) is 9.89 Å². The first kappa shape index (κ1) is 26.4. The van der Waals surface area contributed by atoms with Crippen LogP contribution < -0.4 is 15.4 Å². The molecule has 176 valence electrons. The standard InChI is InChI=1S/C25H36N4O2.HI/c1-19-16-29(17-20(2)31-19)18-22-11-9-21(10-12-22)15-28-25(26-3)27-14-13-23-7-5-6-8-24(23)30-4;/h5-12,19-20H,13-18H2,1-4H3,(H2,26,27,28);1H. The van der Waals surface area contributed by atoms with E-state index >= 15 is 0 Å². The lowest BCUT2D eigenvalue weighted by Gasteiger charge is -2.35. The van der Waals surface area contributed by atoms with Gasteiger partial charge in [-0.15, -0.1) is 24.0 Å². The van der Waals surface area contributed by atoms with E-state index in [9.17, 15) is 0 Å². The van der Waals surface area contributed by atoms with Crippen molar-refractivity contribution >= 4 is 29.9 Å². The number of ether oxygens (including phenoxy) is 2. The van der Waals surface area contributed by atoms with Gasteiger partial charge >= 0.3 is 0 Å². The second-order valence-electron chi connectivity index (χ2n) is 8.18.